The summed E-state index contributed by atoms with van der Waals surface area (Å²) in [5.41, 5.74) is 4.03. The van der Waals surface area contributed by atoms with Gasteiger partial charge in [0, 0.05) is 50.1 Å². The van der Waals surface area contributed by atoms with Crippen LogP contribution in [0.5, 0.6) is 5.75 Å². The number of hydrogen-bond donors (Lipinski definition) is 2. The van der Waals surface area contributed by atoms with Crippen LogP contribution in [-0.2, 0) is 17.8 Å². The molecule has 0 spiro atoms. The van der Waals surface area contributed by atoms with Gasteiger partial charge in [-0.25, -0.2) is 4.39 Å². The lowest BCUT2D eigenvalue weighted by molar-refractivity contribution is -0.147. The number of carbonyl (C=O) groups is 1. The number of nitrogens with zero attached hydrogens (tertiary/aromatic N) is 4. The fourth-order valence-corrected chi connectivity index (χ4v) is 7.21. The third-order valence-electron chi connectivity index (χ3n) is 9.15. The Labute approximate surface area is 249 Å². The van der Waals surface area contributed by atoms with Gasteiger partial charge in [0.15, 0.2) is 0 Å². The van der Waals surface area contributed by atoms with E-state index in [1.165, 1.54) is 11.8 Å². The highest BCUT2D eigenvalue weighted by molar-refractivity contribution is 5.74. The summed E-state index contributed by atoms with van der Waals surface area (Å²) in [6.07, 6.45) is 2.83. The van der Waals surface area contributed by atoms with E-state index in [1.54, 1.807) is 24.3 Å². The van der Waals surface area contributed by atoms with E-state index in [0.29, 0.717) is 19.0 Å². The Morgan fingerprint density at radius 3 is 2.40 bits per heavy atom. The number of benzene rings is 2. The minimum Gasteiger partial charge on any atom is -0.508 e. The number of aromatic nitrogens is 2. The van der Waals surface area contributed by atoms with Crippen LogP contribution in [0.15, 0.2) is 54.6 Å². The van der Waals surface area contributed by atoms with E-state index in [4.69, 9.17) is 5.10 Å². The van der Waals surface area contributed by atoms with Crippen LogP contribution in [0.3, 0.4) is 0 Å². The fraction of sp³-hybridized carbons (Fsp3) is 0.529. The van der Waals surface area contributed by atoms with Gasteiger partial charge in [-0.05, 0) is 85.6 Å². The number of phenolic OH excluding ortho intramolecular Hbond substituents is 1. The maximum atomic E-state index is 14.3. The van der Waals surface area contributed by atoms with Crippen molar-refractivity contribution in [3.05, 3.63) is 82.9 Å². The van der Waals surface area contributed by atoms with Crippen LogP contribution >= 0.6 is 0 Å². The standard InChI is InChI=1S/C34H45FN4O3/c1-5-39-31(19-28(36-39)17-23-9-11-29(40)12-10-23)24-13-15-37(16-14-24)20-26-21-38(32(33(41)42)34(2,3)4)22-30(26)25-7-6-8-27(35)18-25/h6-12,18-19,24,26,30,32,40H,5,13-17,20-22H2,1-4H3,(H,41,42)/t26-,30+,32-/m0/s1. The second-order valence-corrected chi connectivity index (χ2v) is 13.3. The van der Waals surface area contributed by atoms with Gasteiger partial charge >= 0.3 is 5.97 Å². The molecule has 0 radical (unpaired) electrons. The number of carboxylic acid groups (broad SMARTS) is 1. The first-order chi connectivity index (χ1) is 20.0. The Balaban J connectivity index is 1.27. The Hall–Kier alpha value is -3.23. The summed E-state index contributed by atoms with van der Waals surface area (Å²) < 4.78 is 16.4. The van der Waals surface area contributed by atoms with Gasteiger partial charge in [0.05, 0.1) is 5.69 Å². The number of aliphatic carboxylic acids is 1. The molecule has 2 fully saturated rings. The van der Waals surface area contributed by atoms with Crippen LogP contribution in [0.4, 0.5) is 4.39 Å². The van der Waals surface area contributed by atoms with Crippen molar-refractivity contribution in [2.75, 3.05) is 32.7 Å². The molecule has 0 amide bonds. The molecule has 7 nitrogen and oxygen atoms in total. The number of rotatable bonds is 9. The van der Waals surface area contributed by atoms with Gasteiger partial charge in [-0.3, -0.25) is 14.4 Å². The van der Waals surface area contributed by atoms with Gasteiger partial charge in [0.25, 0.3) is 0 Å². The van der Waals surface area contributed by atoms with E-state index in [9.17, 15) is 19.4 Å². The third-order valence-corrected chi connectivity index (χ3v) is 9.15. The molecule has 5 rings (SSSR count). The number of aromatic hydroxyl groups is 1. The molecule has 3 heterocycles. The van der Waals surface area contributed by atoms with Crippen molar-refractivity contribution >= 4 is 5.97 Å². The Bertz CT molecular complexity index is 1360. The fourth-order valence-electron chi connectivity index (χ4n) is 7.21. The largest absolute Gasteiger partial charge is 0.508 e. The molecule has 3 aromatic rings. The maximum absolute atomic E-state index is 14.3. The summed E-state index contributed by atoms with van der Waals surface area (Å²) in [5, 5.41) is 24.6. The van der Waals surface area contributed by atoms with Crippen molar-refractivity contribution < 1.29 is 19.4 Å². The molecule has 0 aliphatic carbocycles. The minimum absolute atomic E-state index is 0.0894. The summed E-state index contributed by atoms with van der Waals surface area (Å²) in [6, 6.07) is 15.8. The van der Waals surface area contributed by atoms with Gasteiger partial charge in [0.2, 0.25) is 0 Å². The molecule has 2 aliphatic rings. The number of halogens is 1. The molecule has 2 N–H and O–H groups in total. The summed E-state index contributed by atoms with van der Waals surface area (Å²) >= 11 is 0. The molecule has 2 saturated heterocycles. The quantitative estimate of drug-likeness (QED) is 0.339. The smallest absolute Gasteiger partial charge is 0.321 e. The van der Waals surface area contributed by atoms with E-state index in [0.717, 1.165) is 62.3 Å². The zero-order chi connectivity index (χ0) is 30.0. The molecule has 0 bridgehead atoms. The number of hydrogen-bond acceptors (Lipinski definition) is 5. The lowest BCUT2D eigenvalue weighted by atomic mass is 9.85. The second-order valence-electron chi connectivity index (χ2n) is 13.3. The van der Waals surface area contributed by atoms with E-state index in [-0.39, 0.29) is 23.4 Å². The molecule has 8 heteroatoms. The highest BCUT2D eigenvalue weighted by atomic mass is 19.1. The zero-order valence-corrected chi connectivity index (χ0v) is 25.3. The Kier molecular flexibility index (Phi) is 9.04. The van der Waals surface area contributed by atoms with Crippen molar-refractivity contribution in [2.24, 2.45) is 11.3 Å². The molecule has 42 heavy (non-hydrogen) atoms. The first-order valence-corrected chi connectivity index (χ1v) is 15.3. The Morgan fingerprint density at radius 2 is 1.79 bits per heavy atom. The number of carboxylic acids is 1. The summed E-state index contributed by atoms with van der Waals surface area (Å²) in [7, 11) is 0. The normalized spacial score (nSPS) is 21.5. The van der Waals surface area contributed by atoms with Crippen molar-refractivity contribution in [1.29, 1.82) is 0 Å². The van der Waals surface area contributed by atoms with Crippen molar-refractivity contribution in [3.8, 4) is 5.75 Å². The minimum atomic E-state index is -0.792. The highest BCUT2D eigenvalue weighted by Gasteiger charge is 2.44. The van der Waals surface area contributed by atoms with E-state index in [2.05, 4.69) is 27.5 Å². The predicted octanol–water partition coefficient (Wildman–Crippen LogP) is 5.73. The molecular formula is C34H45FN4O3. The monoisotopic (exact) mass is 576 g/mol. The number of likely N-dealkylation sites (tertiary alicyclic amines) is 2. The van der Waals surface area contributed by atoms with E-state index >= 15 is 0 Å². The average molecular weight is 577 g/mol. The van der Waals surface area contributed by atoms with E-state index in [1.807, 2.05) is 39.0 Å². The zero-order valence-electron chi connectivity index (χ0n) is 25.3. The van der Waals surface area contributed by atoms with Crippen LogP contribution in [0, 0.1) is 17.2 Å². The van der Waals surface area contributed by atoms with Crippen LogP contribution in [0.2, 0.25) is 0 Å². The van der Waals surface area contributed by atoms with Crippen LogP contribution in [0.25, 0.3) is 0 Å². The summed E-state index contributed by atoms with van der Waals surface area (Å²) in [4.78, 5) is 17.0. The number of aryl methyl sites for hydroxylation is 1. The molecule has 1 aromatic heterocycles. The third kappa shape index (κ3) is 6.87. The van der Waals surface area contributed by atoms with Gasteiger partial charge in [-0.2, -0.15) is 5.10 Å². The second kappa shape index (κ2) is 12.6. The molecule has 2 aliphatic heterocycles. The van der Waals surface area contributed by atoms with Crippen molar-refractivity contribution in [3.63, 3.8) is 0 Å². The SMILES string of the molecule is CCn1nc(Cc2ccc(O)cc2)cc1C1CCN(C[C@H]2CN([C@@H](C(=O)O)C(C)(C)C)C[C@@H]2c2cccc(F)c2)CC1. The lowest BCUT2D eigenvalue weighted by Crippen LogP contribution is -2.48. The van der Waals surface area contributed by atoms with Crippen LogP contribution in [-0.4, -0.2) is 74.5 Å². The van der Waals surface area contributed by atoms with Crippen LogP contribution in [0.1, 0.15) is 74.9 Å². The Morgan fingerprint density at radius 1 is 1.07 bits per heavy atom. The molecule has 3 atom stereocenters. The van der Waals surface area contributed by atoms with Gasteiger partial charge in [0.1, 0.15) is 17.6 Å². The average Bonchev–Trinajstić information content (AvgIpc) is 3.53. The van der Waals surface area contributed by atoms with E-state index < -0.39 is 17.4 Å². The summed E-state index contributed by atoms with van der Waals surface area (Å²) in [6.45, 7) is 13.1. The molecule has 0 unspecified atom stereocenters. The van der Waals surface area contributed by atoms with Gasteiger partial charge < -0.3 is 15.1 Å². The molecule has 226 valence electrons. The number of piperidine rings is 1. The van der Waals surface area contributed by atoms with Gasteiger partial charge in [-0.15, -0.1) is 0 Å². The molecular weight excluding hydrogens is 531 g/mol. The molecule has 2 aromatic carbocycles. The lowest BCUT2D eigenvalue weighted by Gasteiger charge is -2.36. The topological polar surface area (TPSA) is 81.8 Å². The highest BCUT2D eigenvalue weighted by Crippen LogP contribution is 2.39. The maximum Gasteiger partial charge on any atom is 0.321 e. The first kappa shape index (κ1) is 30.2. The van der Waals surface area contributed by atoms with Crippen molar-refractivity contribution in [1.82, 2.24) is 19.6 Å². The summed E-state index contributed by atoms with van der Waals surface area (Å²) in [5.74, 6) is -0.00246. The van der Waals surface area contributed by atoms with Crippen molar-refractivity contribution in [2.45, 2.75) is 71.4 Å². The van der Waals surface area contributed by atoms with Crippen LogP contribution < -0.4 is 0 Å². The predicted molar refractivity (Wildman–Crippen MR) is 162 cm³/mol. The first-order valence-electron chi connectivity index (χ1n) is 15.3. The molecule has 0 saturated carbocycles. The number of phenols is 1. The van der Waals surface area contributed by atoms with Gasteiger partial charge in [-0.1, -0.05) is 45.0 Å².